The summed E-state index contributed by atoms with van der Waals surface area (Å²) in [7, 11) is 2.42. The zero-order valence-electron chi connectivity index (χ0n) is 15.1. The number of anilines is 2. The van der Waals surface area contributed by atoms with Gasteiger partial charge in [0.05, 0.1) is 17.2 Å². The standard InChI is InChI=1S/C18H19ClN4O3S/c1-22(2)16(24)8-26-12-4-3-11-5-6-23(15(11)7-12)17-13-9-27(25)10-14(13)20-18(19)21-17/h3-4,7H,5-6,8-10H2,1-2H3. The Bertz CT molecular complexity index is 950. The van der Waals surface area contributed by atoms with Crippen LogP contribution in [0.15, 0.2) is 18.2 Å². The maximum Gasteiger partial charge on any atom is 0.259 e. The van der Waals surface area contributed by atoms with E-state index in [1.165, 1.54) is 10.5 Å². The van der Waals surface area contributed by atoms with E-state index in [0.29, 0.717) is 17.3 Å². The molecule has 4 rings (SSSR count). The quantitative estimate of drug-likeness (QED) is 0.723. The van der Waals surface area contributed by atoms with Crippen LogP contribution in [-0.2, 0) is 33.5 Å². The lowest BCUT2D eigenvalue weighted by Gasteiger charge is -2.21. The second-order valence-corrected chi connectivity index (χ2v) is 8.53. The molecular weight excluding hydrogens is 388 g/mol. The van der Waals surface area contributed by atoms with Gasteiger partial charge in [0.2, 0.25) is 5.28 Å². The molecule has 1 atom stereocenters. The molecule has 9 heteroatoms. The van der Waals surface area contributed by atoms with Crippen LogP contribution in [0.5, 0.6) is 5.75 Å². The minimum absolute atomic E-state index is 0.0144. The van der Waals surface area contributed by atoms with Crippen LogP contribution in [0, 0.1) is 0 Å². The van der Waals surface area contributed by atoms with Gasteiger partial charge < -0.3 is 14.5 Å². The summed E-state index contributed by atoms with van der Waals surface area (Å²) in [6.45, 7) is 0.737. The molecule has 0 saturated heterocycles. The van der Waals surface area contributed by atoms with Crippen molar-refractivity contribution in [3.8, 4) is 5.75 Å². The van der Waals surface area contributed by atoms with Crippen molar-refractivity contribution < 1.29 is 13.7 Å². The molecular formula is C18H19ClN4O3S. The Balaban J connectivity index is 1.65. The summed E-state index contributed by atoms with van der Waals surface area (Å²) in [5.74, 6) is 2.10. The number of nitrogens with zero attached hydrogens (tertiary/aromatic N) is 4. The van der Waals surface area contributed by atoms with Gasteiger partial charge in [-0.05, 0) is 29.7 Å². The van der Waals surface area contributed by atoms with E-state index >= 15 is 0 Å². The molecule has 2 aliphatic rings. The second kappa shape index (κ2) is 7.09. The monoisotopic (exact) mass is 406 g/mol. The summed E-state index contributed by atoms with van der Waals surface area (Å²) in [4.78, 5) is 24.0. The summed E-state index contributed by atoms with van der Waals surface area (Å²) in [6, 6.07) is 5.79. The van der Waals surface area contributed by atoms with Gasteiger partial charge in [-0.3, -0.25) is 9.00 Å². The summed E-state index contributed by atoms with van der Waals surface area (Å²) in [5, 5.41) is 0.167. The lowest BCUT2D eigenvalue weighted by atomic mass is 10.1. The summed E-state index contributed by atoms with van der Waals surface area (Å²) >= 11 is 6.11. The molecule has 1 aromatic carbocycles. The molecule has 2 aromatic rings. The van der Waals surface area contributed by atoms with Gasteiger partial charge in [-0.2, -0.15) is 4.98 Å². The first-order valence-corrected chi connectivity index (χ1v) is 10.4. The zero-order valence-corrected chi connectivity index (χ0v) is 16.6. The highest BCUT2D eigenvalue weighted by Gasteiger charge is 2.30. The molecule has 0 bridgehead atoms. The number of halogens is 1. The number of fused-ring (bicyclic) bond motifs is 2. The summed E-state index contributed by atoms with van der Waals surface area (Å²) < 4.78 is 17.7. The maximum absolute atomic E-state index is 12.0. The van der Waals surface area contributed by atoms with Gasteiger partial charge in [0.25, 0.3) is 5.91 Å². The second-order valence-electron chi connectivity index (χ2n) is 6.74. The molecule has 1 amide bonds. The van der Waals surface area contributed by atoms with Crippen LogP contribution in [0.2, 0.25) is 5.28 Å². The van der Waals surface area contributed by atoms with Crippen molar-refractivity contribution in [1.82, 2.24) is 14.9 Å². The van der Waals surface area contributed by atoms with Gasteiger partial charge in [-0.15, -0.1) is 0 Å². The van der Waals surface area contributed by atoms with Crippen molar-refractivity contribution in [2.24, 2.45) is 0 Å². The lowest BCUT2D eigenvalue weighted by molar-refractivity contribution is -0.130. The molecule has 0 aliphatic carbocycles. The Morgan fingerprint density at radius 3 is 2.93 bits per heavy atom. The molecule has 1 unspecified atom stereocenters. The Morgan fingerprint density at radius 1 is 1.33 bits per heavy atom. The number of hydrogen-bond acceptors (Lipinski definition) is 6. The first-order valence-electron chi connectivity index (χ1n) is 8.56. The van der Waals surface area contributed by atoms with Crippen molar-refractivity contribution in [3.05, 3.63) is 40.3 Å². The van der Waals surface area contributed by atoms with E-state index in [-0.39, 0.29) is 17.8 Å². The van der Waals surface area contributed by atoms with Crippen molar-refractivity contribution in [1.29, 1.82) is 0 Å². The molecule has 0 N–H and O–H groups in total. The van der Waals surface area contributed by atoms with Crippen molar-refractivity contribution >= 4 is 39.8 Å². The first-order chi connectivity index (χ1) is 12.9. The average molecular weight is 407 g/mol. The van der Waals surface area contributed by atoms with E-state index in [2.05, 4.69) is 14.9 Å². The number of benzene rings is 1. The molecule has 0 spiro atoms. The van der Waals surface area contributed by atoms with E-state index in [0.717, 1.165) is 35.7 Å². The van der Waals surface area contributed by atoms with Gasteiger partial charge in [0, 0.05) is 48.8 Å². The molecule has 27 heavy (non-hydrogen) atoms. The molecule has 142 valence electrons. The third kappa shape index (κ3) is 3.51. The average Bonchev–Trinajstić information content (AvgIpc) is 3.20. The van der Waals surface area contributed by atoms with Gasteiger partial charge in [0.1, 0.15) is 11.6 Å². The Hall–Kier alpha value is -2.19. The predicted octanol–water partition coefficient (Wildman–Crippen LogP) is 2.05. The van der Waals surface area contributed by atoms with E-state index in [9.17, 15) is 9.00 Å². The summed E-state index contributed by atoms with van der Waals surface area (Å²) in [5.41, 5.74) is 3.81. The third-order valence-corrected chi connectivity index (χ3v) is 6.09. The van der Waals surface area contributed by atoms with Crippen molar-refractivity contribution in [2.75, 3.05) is 32.1 Å². The molecule has 0 fully saturated rings. The molecule has 3 heterocycles. The van der Waals surface area contributed by atoms with E-state index in [4.69, 9.17) is 16.3 Å². The van der Waals surface area contributed by atoms with Crippen molar-refractivity contribution in [3.63, 3.8) is 0 Å². The Kier molecular flexibility index (Phi) is 4.77. The van der Waals surface area contributed by atoms with Crippen LogP contribution in [0.3, 0.4) is 0 Å². The number of hydrogen-bond donors (Lipinski definition) is 0. The van der Waals surface area contributed by atoms with E-state index < -0.39 is 10.8 Å². The fraction of sp³-hybridized carbons (Fsp3) is 0.389. The Morgan fingerprint density at radius 2 is 2.15 bits per heavy atom. The minimum atomic E-state index is -0.968. The molecule has 2 aliphatic heterocycles. The van der Waals surface area contributed by atoms with Crippen LogP contribution in [0.25, 0.3) is 0 Å². The third-order valence-electron chi connectivity index (χ3n) is 4.72. The molecule has 0 saturated carbocycles. The fourth-order valence-corrected chi connectivity index (χ4v) is 4.73. The number of carbonyl (C=O) groups excluding carboxylic acids is 1. The van der Waals surface area contributed by atoms with Crippen LogP contribution in [0.1, 0.15) is 16.8 Å². The van der Waals surface area contributed by atoms with Crippen molar-refractivity contribution in [2.45, 2.75) is 17.9 Å². The number of ether oxygens (including phenoxy) is 1. The van der Waals surface area contributed by atoms with Crippen LogP contribution in [-0.4, -0.2) is 52.2 Å². The van der Waals surface area contributed by atoms with Crippen LogP contribution >= 0.6 is 11.6 Å². The molecule has 7 nitrogen and oxygen atoms in total. The Labute approximate surface area is 164 Å². The van der Waals surface area contributed by atoms with E-state index in [1.807, 2.05) is 18.2 Å². The lowest BCUT2D eigenvalue weighted by Crippen LogP contribution is -2.27. The SMILES string of the molecule is CN(C)C(=O)COc1ccc2c(c1)N(c1nc(Cl)nc3c1CS(=O)C3)CC2. The van der Waals surface area contributed by atoms with Gasteiger partial charge >= 0.3 is 0 Å². The molecule has 0 radical (unpaired) electrons. The highest BCUT2D eigenvalue weighted by atomic mass is 35.5. The highest BCUT2D eigenvalue weighted by Crippen LogP contribution is 2.40. The number of likely N-dealkylation sites (N-methyl/N-ethyl adjacent to an activating group) is 1. The summed E-state index contributed by atoms with van der Waals surface area (Å²) in [6.07, 6.45) is 0.867. The maximum atomic E-state index is 12.0. The van der Waals surface area contributed by atoms with Gasteiger partial charge in [-0.25, -0.2) is 4.98 Å². The molecule has 1 aromatic heterocycles. The van der Waals surface area contributed by atoms with Gasteiger partial charge in [-0.1, -0.05) is 6.07 Å². The number of amides is 1. The number of rotatable bonds is 4. The topological polar surface area (TPSA) is 75.6 Å². The zero-order chi connectivity index (χ0) is 19.1. The highest BCUT2D eigenvalue weighted by molar-refractivity contribution is 7.83. The van der Waals surface area contributed by atoms with Crippen LogP contribution < -0.4 is 9.64 Å². The first kappa shape index (κ1) is 18.2. The largest absolute Gasteiger partial charge is 0.484 e. The minimum Gasteiger partial charge on any atom is -0.484 e. The normalized spacial score (nSPS) is 17.6. The fourth-order valence-electron chi connectivity index (χ4n) is 3.29. The number of aromatic nitrogens is 2. The smallest absolute Gasteiger partial charge is 0.259 e. The predicted molar refractivity (Wildman–Crippen MR) is 104 cm³/mol. The van der Waals surface area contributed by atoms with E-state index in [1.54, 1.807) is 14.1 Å². The number of carbonyl (C=O) groups is 1. The van der Waals surface area contributed by atoms with Gasteiger partial charge in [0.15, 0.2) is 6.61 Å². The van der Waals surface area contributed by atoms with Crippen LogP contribution in [0.4, 0.5) is 11.5 Å².